The molecular weight excluding hydrogens is 258 g/mol. The van der Waals surface area contributed by atoms with E-state index in [4.69, 9.17) is 0 Å². The number of aliphatic hydroxyl groups is 1. The van der Waals surface area contributed by atoms with Crippen molar-refractivity contribution < 1.29 is 10.4 Å². The maximum atomic E-state index is 10.4. The Morgan fingerprint density at radius 2 is 1.48 bits per heavy atom. The van der Waals surface area contributed by atoms with E-state index in [2.05, 4.69) is 50.4 Å². The van der Waals surface area contributed by atoms with Crippen LogP contribution < -0.4 is 5.32 Å². The first-order chi connectivity index (χ1) is 10.1. The molecule has 2 aromatic carbocycles. The second kappa shape index (κ2) is 7.39. The molecule has 0 fully saturated rings. The average Bonchev–Trinajstić information content (AvgIpc) is 2.53. The van der Waals surface area contributed by atoms with Crippen molar-refractivity contribution in [3.05, 3.63) is 71.3 Å². The van der Waals surface area contributed by atoms with E-state index in [1.54, 1.807) is 0 Å². The van der Waals surface area contributed by atoms with Gasteiger partial charge >= 0.3 is 0 Å². The van der Waals surface area contributed by atoms with E-state index in [0.29, 0.717) is 5.92 Å². The molecule has 0 aliphatic heterocycles. The topological polar surface area (TPSA) is 36.8 Å². The highest BCUT2D eigenvalue weighted by Crippen LogP contribution is 2.15. The lowest BCUT2D eigenvalue weighted by Crippen LogP contribution is -2.88. The van der Waals surface area contributed by atoms with Crippen molar-refractivity contribution in [3.63, 3.8) is 0 Å². The van der Waals surface area contributed by atoms with Crippen LogP contribution in [0.2, 0.25) is 0 Å². The summed E-state index contributed by atoms with van der Waals surface area (Å²) >= 11 is 0. The number of aliphatic hydroxyl groups excluding tert-OH is 1. The molecule has 2 rings (SSSR count). The van der Waals surface area contributed by atoms with Gasteiger partial charge in [0.1, 0.15) is 18.7 Å². The monoisotopic (exact) mass is 284 g/mol. The molecule has 0 amide bonds. The quantitative estimate of drug-likeness (QED) is 0.840. The fraction of sp³-hybridized carbons (Fsp3) is 0.368. The zero-order chi connectivity index (χ0) is 15.2. The van der Waals surface area contributed by atoms with Crippen LogP contribution in [0.5, 0.6) is 0 Å². The lowest BCUT2D eigenvalue weighted by molar-refractivity contribution is -0.709. The van der Waals surface area contributed by atoms with Crippen molar-refractivity contribution in [1.82, 2.24) is 0 Å². The predicted octanol–water partition coefficient (Wildman–Crippen LogP) is 3.00. The highest BCUT2D eigenvalue weighted by molar-refractivity contribution is 5.24. The summed E-state index contributed by atoms with van der Waals surface area (Å²) < 4.78 is 0. The number of nitrogens with two attached hydrogens (primary N) is 1. The summed E-state index contributed by atoms with van der Waals surface area (Å²) in [6.45, 7) is 7.38. The number of quaternary nitrogens is 1. The summed E-state index contributed by atoms with van der Waals surface area (Å²) in [5.74, 6) is 0.571. The highest BCUT2D eigenvalue weighted by atomic mass is 16.3. The maximum Gasteiger partial charge on any atom is 0.130 e. The van der Waals surface area contributed by atoms with Crippen LogP contribution in [-0.4, -0.2) is 11.1 Å². The molecule has 2 aromatic rings. The first kappa shape index (κ1) is 15.7. The zero-order valence-corrected chi connectivity index (χ0v) is 13.2. The standard InChI is InChI=1S/C19H25NO/c1-14(2)17-11-9-16(10-12-17)13-20-15(3)19(21)18-7-5-4-6-8-18/h4-12,14-15,19-21H,13H2,1-3H3/p+1/t15-,19+/m1/s1. The maximum absolute atomic E-state index is 10.4. The molecular formula is C19H26NO+. The molecule has 0 saturated heterocycles. The van der Waals surface area contributed by atoms with Gasteiger partial charge in [-0.25, -0.2) is 0 Å². The summed E-state index contributed by atoms with van der Waals surface area (Å²) in [6, 6.07) is 18.8. The van der Waals surface area contributed by atoms with Crippen molar-refractivity contribution in [1.29, 1.82) is 0 Å². The molecule has 0 aromatic heterocycles. The molecule has 0 spiro atoms. The number of hydrogen-bond donors (Lipinski definition) is 2. The van der Waals surface area contributed by atoms with Gasteiger partial charge in [-0.3, -0.25) is 0 Å². The van der Waals surface area contributed by atoms with Gasteiger partial charge in [0.15, 0.2) is 0 Å². The van der Waals surface area contributed by atoms with Gasteiger partial charge in [-0.15, -0.1) is 0 Å². The summed E-state index contributed by atoms with van der Waals surface area (Å²) in [4.78, 5) is 0. The molecule has 21 heavy (non-hydrogen) atoms. The SMILES string of the molecule is CC(C)c1ccc(C[NH2+][C@H](C)[C@H](O)c2ccccc2)cc1. The van der Waals surface area contributed by atoms with Crippen molar-refractivity contribution in [3.8, 4) is 0 Å². The molecule has 112 valence electrons. The van der Waals surface area contributed by atoms with Gasteiger partial charge in [0.05, 0.1) is 0 Å². The van der Waals surface area contributed by atoms with Crippen LogP contribution in [0.1, 0.15) is 49.5 Å². The summed E-state index contributed by atoms with van der Waals surface area (Å²) in [6.07, 6.45) is -0.430. The Hall–Kier alpha value is -1.64. The van der Waals surface area contributed by atoms with E-state index < -0.39 is 6.10 Å². The van der Waals surface area contributed by atoms with Gasteiger partial charge in [0, 0.05) is 5.56 Å². The van der Waals surface area contributed by atoms with Crippen LogP contribution in [0.25, 0.3) is 0 Å². The second-order valence-electron chi connectivity index (χ2n) is 6.05. The van der Waals surface area contributed by atoms with Crippen LogP contribution in [0, 0.1) is 0 Å². The van der Waals surface area contributed by atoms with Gasteiger partial charge in [-0.2, -0.15) is 0 Å². The third kappa shape index (κ3) is 4.42. The fourth-order valence-electron chi connectivity index (χ4n) is 2.44. The van der Waals surface area contributed by atoms with Crippen molar-refractivity contribution in [2.45, 2.75) is 45.4 Å². The van der Waals surface area contributed by atoms with Crippen LogP contribution in [0.15, 0.2) is 54.6 Å². The van der Waals surface area contributed by atoms with E-state index in [-0.39, 0.29) is 6.04 Å². The molecule has 0 radical (unpaired) electrons. The van der Waals surface area contributed by atoms with Gasteiger partial charge in [-0.1, -0.05) is 68.4 Å². The van der Waals surface area contributed by atoms with Crippen LogP contribution >= 0.6 is 0 Å². The first-order valence-corrected chi connectivity index (χ1v) is 7.73. The number of rotatable bonds is 6. The molecule has 0 heterocycles. The Morgan fingerprint density at radius 3 is 2.05 bits per heavy atom. The smallest absolute Gasteiger partial charge is 0.130 e. The summed E-state index contributed by atoms with van der Waals surface area (Å²) in [5.41, 5.74) is 3.65. The minimum absolute atomic E-state index is 0.136. The number of benzene rings is 2. The molecule has 0 unspecified atom stereocenters. The Kier molecular flexibility index (Phi) is 5.54. The zero-order valence-electron chi connectivity index (χ0n) is 13.2. The van der Waals surface area contributed by atoms with Crippen molar-refractivity contribution in [2.75, 3.05) is 0 Å². The Morgan fingerprint density at radius 1 is 0.857 bits per heavy atom. The number of hydrogen-bond acceptors (Lipinski definition) is 1. The molecule has 2 heteroatoms. The minimum Gasteiger partial charge on any atom is -0.382 e. The highest BCUT2D eigenvalue weighted by Gasteiger charge is 2.18. The van der Waals surface area contributed by atoms with Crippen LogP contribution in [-0.2, 0) is 6.54 Å². The third-order valence-corrected chi connectivity index (χ3v) is 4.01. The van der Waals surface area contributed by atoms with E-state index in [1.807, 2.05) is 30.3 Å². The average molecular weight is 284 g/mol. The predicted molar refractivity (Wildman–Crippen MR) is 87.0 cm³/mol. The van der Waals surface area contributed by atoms with Gasteiger partial charge in [0.2, 0.25) is 0 Å². The van der Waals surface area contributed by atoms with Gasteiger partial charge in [-0.05, 0) is 24.0 Å². The molecule has 2 nitrogen and oxygen atoms in total. The minimum atomic E-state index is -0.430. The van der Waals surface area contributed by atoms with Gasteiger partial charge < -0.3 is 10.4 Å². The summed E-state index contributed by atoms with van der Waals surface area (Å²) in [7, 11) is 0. The molecule has 0 saturated carbocycles. The second-order valence-corrected chi connectivity index (χ2v) is 6.05. The molecule has 0 bridgehead atoms. The lowest BCUT2D eigenvalue weighted by atomic mass is 10.0. The van der Waals surface area contributed by atoms with E-state index in [1.165, 1.54) is 11.1 Å². The third-order valence-electron chi connectivity index (χ3n) is 4.01. The van der Waals surface area contributed by atoms with Crippen molar-refractivity contribution >= 4 is 0 Å². The summed E-state index contributed by atoms with van der Waals surface area (Å²) in [5, 5.41) is 12.5. The van der Waals surface area contributed by atoms with E-state index in [9.17, 15) is 5.11 Å². The van der Waals surface area contributed by atoms with Gasteiger partial charge in [0.25, 0.3) is 0 Å². The van der Waals surface area contributed by atoms with E-state index in [0.717, 1.165) is 12.1 Å². The van der Waals surface area contributed by atoms with Crippen LogP contribution in [0.4, 0.5) is 0 Å². The normalized spacial score (nSPS) is 14.1. The van der Waals surface area contributed by atoms with E-state index >= 15 is 0 Å². The largest absolute Gasteiger partial charge is 0.382 e. The van der Waals surface area contributed by atoms with Crippen molar-refractivity contribution in [2.24, 2.45) is 0 Å². The lowest BCUT2D eigenvalue weighted by Gasteiger charge is -2.18. The Bertz CT molecular complexity index is 533. The first-order valence-electron chi connectivity index (χ1n) is 7.73. The molecule has 3 N–H and O–H groups in total. The fourth-order valence-corrected chi connectivity index (χ4v) is 2.44. The molecule has 0 aliphatic rings. The Labute approximate surface area is 127 Å². The molecule has 0 aliphatic carbocycles. The Balaban J connectivity index is 1.90. The molecule has 2 atom stereocenters. The van der Waals surface area contributed by atoms with Crippen LogP contribution in [0.3, 0.4) is 0 Å².